The summed E-state index contributed by atoms with van der Waals surface area (Å²) in [4.78, 5) is 19.3. The van der Waals surface area contributed by atoms with Crippen LogP contribution in [0.1, 0.15) is 6.42 Å². The molecule has 6 heteroatoms. The molecule has 2 heterocycles. The van der Waals surface area contributed by atoms with Crippen molar-refractivity contribution in [3.63, 3.8) is 0 Å². The summed E-state index contributed by atoms with van der Waals surface area (Å²) in [6, 6.07) is 11.9. The van der Waals surface area contributed by atoms with Crippen molar-refractivity contribution in [1.82, 2.24) is 9.55 Å². The van der Waals surface area contributed by atoms with Crippen LogP contribution in [-0.2, 0) is 6.54 Å². The number of hydrogen-bond acceptors (Lipinski definition) is 5. The lowest BCUT2D eigenvalue weighted by molar-refractivity contribution is 0.296. The van der Waals surface area contributed by atoms with Gasteiger partial charge in [0.15, 0.2) is 5.16 Å². The minimum atomic E-state index is -0.0372. The Balaban J connectivity index is 2.09. The molecule has 2 aromatic heterocycles. The molecule has 0 fully saturated rings. The van der Waals surface area contributed by atoms with Crippen molar-refractivity contribution in [2.24, 2.45) is 0 Å². The van der Waals surface area contributed by atoms with Gasteiger partial charge in [0.1, 0.15) is 4.83 Å². The number of aliphatic hydroxyl groups is 1. The molecular weight excluding hydrogens is 340 g/mol. The summed E-state index contributed by atoms with van der Waals surface area (Å²) in [6.07, 6.45) is 2.38. The van der Waals surface area contributed by atoms with E-state index in [0.717, 1.165) is 21.0 Å². The number of thioether (sulfide) groups is 1. The minimum absolute atomic E-state index is 0.0372. The predicted octanol–water partition coefficient (Wildman–Crippen LogP) is 3.79. The van der Waals surface area contributed by atoms with E-state index in [4.69, 9.17) is 5.11 Å². The Labute approximate surface area is 148 Å². The number of hydrogen-bond donors (Lipinski definition) is 1. The third kappa shape index (κ3) is 3.45. The molecule has 0 amide bonds. The third-order valence-electron chi connectivity index (χ3n) is 3.52. The van der Waals surface area contributed by atoms with Gasteiger partial charge in [0.05, 0.1) is 5.39 Å². The Morgan fingerprint density at radius 2 is 2.12 bits per heavy atom. The Hall–Kier alpha value is -1.89. The summed E-state index contributed by atoms with van der Waals surface area (Å²) in [6.45, 7) is 4.30. The van der Waals surface area contributed by atoms with Crippen molar-refractivity contribution < 1.29 is 5.11 Å². The summed E-state index contributed by atoms with van der Waals surface area (Å²) in [5, 5.41) is 10.3. The number of nitrogens with zero attached hydrogens (tertiary/aromatic N) is 2. The SMILES string of the molecule is C=CCn1c(SCCCO)nc2sc(-c3ccccc3)cc2c1=O. The molecule has 3 aromatic rings. The number of fused-ring (bicyclic) bond motifs is 1. The average Bonchev–Trinajstić information content (AvgIpc) is 3.03. The Bertz CT molecular complexity index is 901. The highest BCUT2D eigenvalue weighted by Crippen LogP contribution is 2.32. The Kier molecular flexibility index (Phi) is 5.50. The van der Waals surface area contributed by atoms with Gasteiger partial charge in [0.2, 0.25) is 0 Å². The number of allylic oxidation sites excluding steroid dienone is 1. The second-order valence-corrected chi connectivity index (χ2v) is 7.31. The van der Waals surface area contributed by atoms with Crippen molar-refractivity contribution in [3.05, 3.63) is 59.4 Å². The van der Waals surface area contributed by atoms with Gasteiger partial charge < -0.3 is 5.11 Å². The molecule has 0 aliphatic rings. The maximum atomic E-state index is 12.8. The van der Waals surface area contributed by atoms with Gasteiger partial charge in [-0.3, -0.25) is 9.36 Å². The molecule has 1 N–H and O–H groups in total. The first-order valence-corrected chi connectivity index (χ1v) is 9.49. The van der Waals surface area contributed by atoms with Gasteiger partial charge in [0.25, 0.3) is 5.56 Å². The highest BCUT2D eigenvalue weighted by Gasteiger charge is 2.14. The highest BCUT2D eigenvalue weighted by molar-refractivity contribution is 7.99. The molecule has 0 radical (unpaired) electrons. The fourth-order valence-corrected chi connectivity index (χ4v) is 4.38. The molecule has 0 aliphatic carbocycles. The number of rotatable bonds is 7. The molecule has 1 aromatic carbocycles. The van der Waals surface area contributed by atoms with Gasteiger partial charge in [-0.1, -0.05) is 48.2 Å². The van der Waals surface area contributed by atoms with Crippen molar-refractivity contribution in [2.45, 2.75) is 18.1 Å². The van der Waals surface area contributed by atoms with Crippen molar-refractivity contribution in [1.29, 1.82) is 0 Å². The van der Waals surface area contributed by atoms with Crippen LogP contribution >= 0.6 is 23.1 Å². The Morgan fingerprint density at radius 3 is 2.83 bits per heavy atom. The van der Waals surface area contributed by atoms with Crippen LogP contribution in [0.5, 0.6) is 0 Å². The predicted molar refractivity (Wildman–Crippen MR) is 102 cm³/mol. The lowest BCUT2D eigenvalue weighted by Gasteiger charge is -2.09. The van der Waals surface area contributed by atoms with E-state index in [1.165, 1.54) is 23.1 Å². The molecular formula is C18H18N2O2S2. The summed E-state index contributed by atoms with van der Waals surface area (Å²) in [7, 11) is 0. The lowest BCUT2D eigenvalue weighted by Crippen LogP contribution is -2.22. The maximum absolute atomic E-state index is 12.8. The van der Waals surface area contributed by atoms with Crippen LogP contribution in [0.2, 0.25) is 0 Å². The summed E-state index contributed by atoms with van der Waals surface area (Å²) < 4.78 is 1.65. The molecule has 0 saturated carbocycles. The number of benzene rings is 1. The standard InChI is InChI=1S/C18H18N2O2S2/c1-2-9-20-17(22)14-12-15(13-7-4-3-5-8-13)24-16(14)19-18(20)23-11-6-10-21/h2-5,7-8,12,21H,1,6,9-11H2. The van der Waals surface area contributed by atoms with Gasteiger partial charge in [-0.2, -0.15) is 0 Å². The van der Waals surface area contributed by atoms with Crippen LogP contribution in [0.4, 0.5) is 0 Å². The van der Waals surface area contributed by atoms with E-state index in [1.54, 1.807) is 10.6 Å². The molecule has 3 rings (SSSR count). The van der Waals surface area contributed by atoms with E-state index in [2.05, 4.69) is 11.6 Å². The van der Waals surface area contributed by atoms with Gasteiger partial charge >= 0.3 is 0 Å². The van der Waals surface area contributed by atoms with E-state index in [0.29, 0.717) is 23.5 Å². The normalized spacial score (nSPS) is 11.0. The number of thiophene rings is 1. The maximum Gasteiger partial charge on any atom is 0.263 e. The smallest absolute Gasteiger partial charge is 0.263 e. The molecule has 4 nitrogen and oxygen atoms in total. The lowest BCUT2D eigenvalue weighted by atomic mass is 10.2. The number of aromatic nitrogens is 2. The van der Waals surface area contributed by atoms with E-state index in [9.17, 15) is 4.79 Å². The van der Waals surface area contributed by atoms with Crippen LogP contribution in [-0.4, -0.2) is 27.0 Å². The zero-order valence-electron chi connectivity index (χ0n) is 13.1. The summed E-state index contributed by atoms with van der Waals surface area (Å²) >= 11 is 3.03. The highest BCUT2D eigenvalue weighted by atomic mass is 32.2. The average molecular weight is 358 g/mol. The first-order chi connectivity index (χ1) is 11.7. The van der Waals surface area contributed by atoms with Crippen molar-refractivity contribution >= 4 is 33.3 Å². The second-order valence-electron chi connectivity index (χ2n) is 5.22. The fraction of sp³-hybridized carbons (Fsp3) is 0.222. The minimum Gasteiger partial charge on any atom is -0.396 e. The zero-order chi connectivity index (χ0) is 16.9. The second kappa shape index (κ2) is 7.79. The largest absolute Gasteiger partial charge is 0.396 e. The van der Waals surface area contributed by atoms with Crippen molar-refractivity contribution in [2.75, 3.05) is 12.4 Å². The molecule has 0 unspecified atom stereocenters. The molecule has 0 bridgehead atoms. The van der Waals surface area contributed by atoms with Crippen LogP contribution in [0, 0.1) is 0 Å². The van der Waals surface area contributed by atoms with Gasteiger partial charge in [0, 0.05) is 23.8 Å². The topological polar surface area (TPSA) is 55.1 Å². The Morgan fingerprint density at radius 1 is 1.33 bits per heavy atom. The zero-order valence-corrected chi connectivity index (χ0v) is 14.8. The van der Waals surface area contributed by atoms with E-state index < -0.39 is 0 Å². The van der Waals surface area contributed by atoms with E-state index in [-0.39, 0.29) is 12.2 Å². The fourth-order valence-electron chi connectivity index (χ4n) is 2.37. The van der Waals surface area contributed by atoms with Gasteiger partial charge in [-0.25, -0.2) is 4.98 Å². The van der Waals surface area contributed by atoms with Crippen LogP contribution in [0.3, 0.4) is 0 Å². The van der Waals surface area contributed by atoms with Crippen molar-refractivity contribution in [3.8, 4) is 10.4 Å². The summed E-state index contributed by atoms with van der Waals surface area (Å²) in [5.74, 6) is 0.725. The van der Waals surface area contributed by atoms with Crippen LogP contribution in [0.25, 0.3) is 20.7 Å². The molecule has 0 saturated heterocycles. The van der Waals surface area contributed by atoms with Crippen LogP contribution in [0.15, 0.2) is 59.0 Å². The molecule has 24 heavy (non-hydrogen) atoms. The quantitative estimate of drug-likeness (QED) is 0.302. The molecule has 0 aliphatic heterocycles. The van der Waals surface area contributed by atoms with E-state index in [1.807, 2.05) is 36.4 Å². The third-order valence-corrected chi connectivity index (χ3v) is 5.66. The van der Waals surface area contributed by atoms with Crippen LogP contribution < -0.4 is 5.56 Å². The first kappa shape index (κ1) is 17.0. The number of aliphatic hydroxyl groups excluding tert-OH is 1. The monoisotopic (exact) mass is 358 g/mol. The van der Waals surface area contributed by atoms with Gasteiger partial charge in [-0.05, 0) is 18.1 Å². The van der Waals surface area contributed by atoms with Gasteiger partial charge in [-0.15, -0.1) is 17.9 Å². The molecule has 0 spiro atoms. The molecule has 124 valence electrons. The first-order valence-electron chi connectivity index (χ1n) is 7.69. The van der Waals surface area contributed by atoms with E-state index >= 15 is 0 Å². The summed E-state index contributed by atoms with van der Waals surface area (Å²) in [5.41, 5.74) is 1.05. The molecule has 0 atom stereocenters.